The summed E-state index contributed by atoms with van der Waals surface area (Å²) >= 11 is -1.79. The van der Waals surface area contributed by atoms with Gasteiger partial charge in [-0.15, -0.1) is 0 Å². The van der Waals surface area contributed by atoms with Gasteiger partial charge in [0.15, 0.2) is 0 Å². The van der Waals surface area contributed by atoms with E-state index in [0.717, 1.165) is 0 Å². The van der Waals surface area contributed by atoms with Crippen molar-refractivity contribution in [2.75, 3.05) is 20.1 Å². The third-order valence-electron chi connectivity index (χ3n) is 4.45. The van der Waals surface area contributed by atoms with Crippen molar-refractivity contribution in [3.05, 3.63) is 66.2 Å². The minimum absolute atomic E-state index is 1.27. The van der Waals surface area contributed by atoms with E-state index >= 15 is 0 Å². The molecule has 2 heteroatoms. The van der Waals surface area contributed by atoms with Gasteiger partial charge in [-0.05, 0) is 0 Å². The van der Waals surface area contributed by atoms with Gasteiger partial charge in [0.05, 0.1) is 0 Å². The molecule has 1 saturated heterocycles. The van der Waals surface area contributed by atoms with E-state index in [2.05, 4.69) is 72.6 Å². The molecule has 1 aliphatic heterocycles. The first-order chi connectivity index (χ1) is 9.78. The summed E-state index contributed by atoms with van der Waals surface area (Å²) < 4.78 is 1.68. The van der Waals surface area contributed by atoms with Crippen LogP contribution in [0.15, 0.2) is 60.7 Å². The monoisotopic (exact) mass is 328 g/mol. The molecular weight excluding hydrogens is 305 g/mol. The summed E-state index contributed by atoms with van der Waals surface area (Å²) in [5.74, 6) is 0. The first-order valence-corrected chi connectivity index (χ1v) is 12.3. The van der Waals surface area contributed by atoms with E-state index in [-0.39, 0.29) is 0 Å². The van der Waals surface area contributed by atoms with E-state index in [1.54, 1.807) is 4.35 Å². The van der Waals surface area contributed by atoms with Crippen molar-refractivity contribution in [2.24, 2.45) is 0 Å². The predicted octanol–water partition coefficient (Wildman–Crippen LogP) is 3.07. The first-order valence-electron chi connectivity index (χ1n) is 7.43. The molecular formula is C18H23AsN. The van der Waals surface area contributed by atoms with Gasteiger partial charge in [0.1, 0.15) is 0 Å². The number of nitrogens with zero attached hydrogens (tertiary/aromatic N) is 1. The van der Waals surface area contributed by atoms with Gasteiger partial charge >= 0.3 is 125 Å². The zero-order valence-corrected chi connectivity index (χ0v) is 14.1. The molecule has 0 atom stereocenters. The van der Waals surface area contributed by atoms with Gasteiger partial charge in [-0.25, -0.2) is 0 Å². The van der Waals surface area contributed by atoms with Crippen LogP contribution in [0.1, 0.15) is 5.56 Å². The van der Waals surface area contributed by atoms with Crippen LogP contribution in [0.3, 0.4) is 0 Å². The molecule has 2 aromatic rings. The summed E-state index contributed by atoms with van der Waals surface area (Å²) in [5.41, 5.74) is 1.54. The Morgan fingerprint density at radius 3 is 2.00 bits per heavy atom. The van der Waals surface area contributed by atoms with Crippen LogP contribution < -0.4 is 4.35 Å². The second-order valence-electron chi connectivity index (χ2n) is 5.87. The average molecular weight is 328 g/mol. The molecule has 0 bridgehead atoms. The van der Waals surface area contributed by atoms with Crippen LogP contribution in [0.2, 0.25) is 10.4 Å². The molecule has 20 heavy (non-hydrogen) atoms. The topological polar surface area (TPSA) is 3.24 Å². The first kappa shape index (κ1) is 13.9. The van der Waals surface area contributed by atoms with Crippen LogP contribution in [0.4, 0.5) is 0 Å². The van der Waals surface area contributed by atoms with Crippen LogP contribution in [-0.2, 0) is 5.21 Å². The molecule has 0 amide bonds. The van der Waals surface area contributed by atoms with Gasteiger partial charge in [-0.2, -0.15) is 0 Å². The van der Waals surface area contributed by atoms with Crippen LogP contribution in [-0.4, -0.2) is 38.6 Å². The van der Waals surface area contributed by atoms with E-state index in [4.69, 9.17) is 0 Å². The summed E-state index contributed by atoms with van der Waals surface area (Å²) in [7, 11) is 2.26. The molecule has 0 unspecified atom stereocenters. The van der Waals surface area contributed by atoms with E-state index < -0.39 is 13.6 Å². The van der Waals surface area contributed by atoms with Crippen molar-refractivity contribution >= 4 is 17.9 Å². The third-order valence-corrected chi connectivity index (χ3v) is 13.8. The molecule has 0 saturated carbocycles. The fourth-order valence-electron chi connectivity index (χ4n) is 3.13. The Hall–Kier alpha value is -1.04. The van der Waals surface area contributed by atoms with E-state index in [1.165, 1.54) is 34.3 Å². The number of hydrogen-bond acceptors (Lipinski definition) is 1. The molecule has 1 radical (unpaired) electrons. The number of rotatable bonds is 3. The zero-order chi connectivity index (χ0) is 13.8. The number of benzene rings is 2. The van der Waals surface area contributed by atoms with Gasteiger partial charge < -0.3 is 0 Å². The molecule has 0 N–H and O–H groups in total. The van der Waals surface area contributed by atoms with Crippen molar-refractivity contribution in [1.29, 1.82) is 0 Å². The van der Waals surface area contributed by atoms with Gasteiger partial charge in [0.2, 0.25) is 0 Å². The second-order valence-corrected chi connectivity index (χ2v) is 14.3. The molecule has 0 aliphatic carbocycles. The maximum atomic E-state index is 2.49. The fourth-order valence-corrected chi connectivity index (χ4v) is 12.4. The van der Waals surface area contributed by atoms with E-state index in [1.807, 2.05) is 0 Å². The third kappa shape index (κ3) is 3.00. The SMILES string of the molecule is CN1CC[As](Cc2ccccc2)(c2ccccc2)CC1. The normalized spacial score (nSPS) is 18.9. The molecule has 3 rings (SSSR count). The Bertz CT molecular complexity index is 530. The summed E-state index contributed by atoms with van der Waals surface area (Å²) in [5, 5.41) is 4.18. The van der Waals surface area contributed by atoms with Crippen molar-refractivity contribution < 1.29 is 0 Å². The summed E-state index contributed by atoms with van der Waals surface area (Å²) in [6.45, 7) is 2.55. The van der Waals surface area contributed by atoms with Gasteiger partial charge in [0.25, 0.3) is 0 Å². The fraction of sp³-hybridized carbons (Fsp3) is 0.333. The molecule has 1 fully saturated rings. The maximum absolute atomic E-state index is 2.49. The van der Waals surface area contributed by atoms with Gasteiger partial charge in [-0.3, -0.25) is 0 Å². The average Bonchev–Trinajstić information content (AvgIpc) is 2.52. The molecule has 1 aliphatic rings. The van der Waals surface area contributed by atoms with Crippen molar-refractivity contribution in [3.8, 4) is 0 Å². The number of hydrogen-bond donors (Lipinski definition) is 0. The van der Waals surface area contributed by atoms with Gasteiger partial charge in [-0.1, -0.05) is 0 Å². The standard InChI is InChI=1S/C18H23AsN/c1-20-14-12-19(13-15-20,18-10-6-3-7-11-18)16-17-8-4-2-5-9-17/h2-11H,12-16H2,1H3. The van der Waals surface area contributed by atoms with Crippen molar-refractivity contribution in [2.45, 2.75) is 15.6 Å². The van der Waals surface area contributed by atoms with Crippen molar-refractivity contribution in [1.82, 2.24) is 4.90 Å². The predicted molar refractivity (Wildman–Crippen MR) is 89.1 cm³/mol. The van der Waals surface area contributed by atoms with Crippen LogP contribution >= 0.6 is 0 Å². The van der Waals surface area contributed by atoms with Crippen LogP contribution in [0.25, 0.3) is 0 Å². The summed E-state index contributed by atoms with van der Waals surface area (Å²) in [4.78, 5) is 2.49. The van der Waals surface area contributed by atoms with E-state index in [0.29, 0.717) is 0 Å². The molecule has 105 valence electrons. The Labute approximate surface area is 125 Å². The zero-order valence-electron chi connectivity index (χ0n) is 12.2. The van der Waals surface area contributed by atoms with Crippen molar-refractivity contribution in [3.63, 3.8) is 0 Å². The summed E-state index contributed by atoms with van der Waals surface area (Å²) in [6, 6.07) is 22.5. The van der Waals surface area contributed by atoms with Crippen LogP contribution in [0.5, 0.6) is 0 Å². The minimum atomic E-state index is -1.79. The molecule has 1 nitrogen and oxygen atoms in total. The van der Waals surface area contributed by atoms with Crippen LogP contribution in [0, 0.1) is 0 Å². The van der Waals surface area contributed by atoms with E-state index in [9.17, 15) is 0 Å². The quantitative estimate of drug-likeness (QED) is 0.783. The molecule has 0 spiro atoms. The Morgan fingerprint density at radius 2 is 1.40 bits per heavy atom. The Balaban J connectivity index is 1.92. The molecule has 2 aromatic carbocycles. The molecule has 1 heterocycles. The van der Waals surface area contributed by atoms with Gasteiger partial charge in [0, 0.05) is 0 Å². The Morgan fingerprint density at radius 1 is 0.850 bits per heavy atom. The summed E-state index contributed by atoms with van der Waals surface area (Å²) in [6.07, 6.45) is 0. The second kappa shape index (κ2) is 6.16. The Kier molecular flexibility index (Phi) is 4.29. The molecule has 0 aromatic heterocycles.